The van der Waals surface area contributed by atoms with Crippen LogP contribution in [-0.4, -0.2) is 41.4 Å². The van der Waals surface area contributed by atoms with E-state index < -0.39 is 6.04 Å². The Morgan fingerprint density at radius 1 is 1.18 bits per heavy atom. The molecule has 1 N–H and O–H groups in total. The van der Waals surface area contributed by atoms with Gasteiger partial charge in [0.25, 0.3) is 0 Å². The van der Waals surface area contributed by atoms with Crippen LogP contribution in [0.15, 0.2) is 42.5 Å². The Morgan fingerprint density at radius 2 is 1.94 bits per heavy atom. The predicted octanol–water partition coefficient (Wildman–Crippen LogP) is 3.94. The van der Waals surface area contributed by atoms with E-state index in [1.807, 2.05) is 58.0 Å². The SMILES string of the molecule is COC(=O)c1ccccc1-c1cc(C)cc2c1OC(CNC(=O)C(C)n1nc(C)cc1C)C2. The van der Waals surface area contributed by atoms with Gasteiger partial charge < -0.3 is 14.8 Å². The summed E-state index contributed by atoms with van der Waals surface area (Å²) in [4.78, 5) is 25.1. The molecule has 3 aromatic rings. The van der Waals surface area contributed by atoms with Gasteiger partial charge in [-0.1, -0.05) is 24.3 Å². The third kappa shape index (κ3) is 4.49. The summed E-state index contributed by atoms with van der Waals surface area (Å²) in [5.41, 5.74) is 6.10. The second-order valence-electron chi connectivity index (χ2n) is 8.57. The third-order valence-electron chi connectivity index (χ3n) is 5.96. The number of ether oxygens (including phenoxy) is 2. The van der Waals surface area contributed by atoms with Crippen LogP contribution in [0.25, 0.3) is 11.1 Å². The second kappa shape index (κ2) is 9.10. The number of carbonyl (C=O) groups is 2. The highest BCUT2D eigenvalue weighted by Gasteiger charge is 2.29. The van der Waals surface area contributed by atoms with E-state index in [-0.39, 0.29) is 18.0 Å². The Labute approximate surface area is 193 Å². The van der Waals surface area contributed by atoms with Crippen molar-refractivity contribution in [1.29, 1.82) is 0 Å². The van der Waals surface area contributed by atoms with Crippen LogP contribution in [0.1, 0.15) is 45.8 Å². The number of methoxy groups -OCH3 is 1. The fraction of sp³-hybridized carbons (Fsp3) is 0.346. The molecule has 1 aliphatic heterocycles. The number of aromatic nitrogens is 2. The molecular formula is C26H29N3O4. The van der Waals surface area contributed by atoms with Gasteiger partial charge in [0.05, 0.1) is 24.9 Å². The molecule has 0 fully saturated rings. The summed E-state index contributed by atoms with van der Waals surface area (Å²) in [6, 6.07) is 13.0. The number of aryl methyl sites for hydroxylation is 3. The van der Waals surface area contributed by atoms with E-state index in [0.29, 0.717) is 18.5 Å². The lowest BCUT2D eigenvalue weighted by molar-refractivity contribution is -0.124. The van der Waals surface area contributed by atoms with Gasteiger partial charge in [0.2, 0.25) is 5.91 Å². The number of nitrogens with one attached hydrogen (secondary N) is 1. The maximum Gasteiger partial charge on any atom is 0.338 e. The minimum Gasteiger partial charge on any atom is -0.487 e. The molecule has 0 saturated heterocycles. The molecule has 0 bridgehead atoms. The first kappa shape index (κ1) is 22.6. The largest absolute Gasteiger partial charge is 0.487 e. The number of benzene rings is 2. The number of rotatable bonds is 6. The summed E-state index contributed by atoms with van der Waals surface area (Å²) in [5, 5.41) is 7.42. The molecule has 0 spiro atoms. The molecule has 7 nitrogen and oxygen atoms in total. The molecule has 1 aliphatic rings. The molecule has 33 heavy (non-hydrogen) atoms. The van der Waals surface area contributed by atoms with Crippen molar-refractivity contribution in [2.75, 3.05) is 13.7 Å². The second-order valence-corrected chi connectivity index (χ2v) is 8.57. The number of nitrogens with zero attached hydrogens (tertiary/aromatic N) is 2. The van der Waals surface area contributed by atoms with Gasteiger partial charge >= 0.3 is 5.97 Å². The van der Waals surface area contributed by atoms with Gasteiger partial charge in [-0.25, -0.2) is 4.79 Å². The van der Waals surface area contributed by atoms with E-state index in [1.54, 1.807) is 10.7 Å². The zero-order chi connectivity index (χ0) is 23.7. The Kier molecular flexibility index (Phi) is 6.22. The summed E-state index contributed by atoms with van der Waals surface area (Å²) in [6.07, 6.45) is 0.487. The van der Waals surface area contributed by atoms with Crippen molar-refractivity contribution in [3.63, 3.8) is 0 Å². The summed E-state index contributed by atoms with van der Waals surface area (Å²) in [7, 11) is 1.38. The molecule has 2 aromatic carbocycles. The highest BCUT2D eigenvalue weighted by molar-refractivity contribution is 5.98. The van der Waals surface area contributed by atoms with Crippen LogP contribution in [0.4, 0.5) is 0 Å². The van der Waals surface area contributed by atoms with E-state index in [4.69, 9.17) is 9.47 Å². The van der Waals surface area contributed by atoms with E-state index in [1.165, 1.54) is 7.11 Å². The van der Waals surface area contributed by atoms with Crippen molar-refractivity contribution in [1.82, 2.24) is 15.1 Å². The standard InChI is InChI=1S/C26H29N3O4/c1-15-10-19-13-20(14-27-25(30)18(4)29-17(3)12-16(2)28-29)33-24(19)23(11-15)21-8-6-7-9-22(21)26(31)32-5/h6-12,18,20H,13-14H2,1-5H3,(H,27,30). The average molecular weight is 448 g/mol. The first-order valence-corrected chi connectivity index (χ1v) is 11.1. The summed E-state index contributed by atoms with van der Waals surface area (Å²) < 4.78 is 13.0. The molecule has 7 heteroatoms. The van der Waals surface area contributed by atoms with E-state index in [9.17, 15) is 9.59 Å². The topological polar surface area (TPSA) is 82.5 Å². The molecule has 1 aromatic heterocycles. The van der Waals surface area contributed by atoms with Crippen molar-refractivity contribution in [3.05, 3.63) is 70.5 Å². The zero-order valence-electron chi connectivity index (χ0n) is 19.6. The molecule has 0 saturated carbocycles. The third-order valence-corrected chi connectivity index (χ3v) is 5.96. The average Bonchev–Trinajstić information content (AvgIpc) is 3.37. The Morgan fingerprint density at radius 3 is 2.64 bits per heavy atom. The first-order valence-electron chi connectivity index (χ1n) is 11.1. The summed E-state index contributed by atoms with van der Waals surface area (Å²) in [6.45, 7) is 8.10. The van der Waals surface area contributed by atoms with Gasteiger partial charge in [0, 0.05) is 17.7 Å². The van der Waals surface area contributed by atoms with Crippen LogP contribution in [0.2, 0.25) is 0 Å². The summed E-state index contributed by atoms with van der Waals surface area (Å²) in [5.74, 6) is 0.261. The van der Waals surface area contributed by atoms with Crippen molar-refractivity contribution in [3.8, 4) is 16.9 Å². The van der Waals surface area contributed by atoms with Crippen molar-refractivity contribution in [2.45, 2.75) is 46.3 Å². The molecule has 2 heterocycles. The highest BCUT2D eigenvalue weighted by Crippen LogP contribution is 2.41. The molecule has 0 radical (unpaired) electrons. The van der Waals surface area contributed by atoms with Crippen LogP contribution < -0.4 is 10.1 Å². The minimum absolute atomic E-state index is 0.104. The molecule has 0 aliphatic carbocycles. The number of fused-ring (bicyclic) bond motifs is 1. The van der Waals surface area contributed by atoms with Gasteiger partial charge in [0.15, 0.2) is 0 Å². The van der Waals surface area contributed by atoms with Gasteiger partial charge in [-0.2, -0.15) is 5.10 Å². The van der Waals surface area contributed by atoms with E-state index in [0.717, 1.165) is 39.4 Å². The normalized spacial score (nSPS) is 15.5. The van der Waals surface area contributed by atoms with E-state index in [2.05, 4.69) is 16.5 Å². The van der Waals surface area contributed by atoms with Crippen LogP contribution in [0, 0.1) is 20.8 Å². The minimum atomic E-state index is -0.410. The van der Waals surface area contributed by atoms with Gasteiger partial charge in [-0.3, -0.25) is 9.48 Å². The number of hydrogen-bond acceptors (Lipinski definition) is 5. The van der Waals surface area contributed by atoms with Crippen LogP contribution >= 0.6 is 0 Å². The fourth-order valence-corrected chi connectivity index (χ4v) is 4.42. The zero-order valence-corrected chi connectivity index (χ0v) is 19.6. The van der Waals surface area contributed by atoms with Crippen LogP contribution in [-0.2, 0) is 16.0 Å². The number of carbonyl (C=O) groups excluding carboxylic acids is 2. The van der Waals surface area contributed by atoms with Crippen molar-refractivity contribution >= 4 is 11.9 Å². The number of amides is 1. The maximum absolute atomic E-state index is 12.8. The van der Waals surface area contributed by atoms with Crippen molar-refractivity contribution in [2.24, 2.45) is 0 Å². The Bertz CT molecular complexity index is 1210. The number of esters is 1. The molecule has 2 atom stereocenters. The smallest absolute Gasteiger partial charge is 0.338 e. The Hall–Kier alpha value is -3.61. The molecule has 172 valence electrons. The lowest BCUT2D eigenvalue weighted by atomic mass is 9.94. The van der Waals surface area contributed by atoms with Crippen molar-refractivity contribution < 1.29 is 19.1 Å². The molecular weight excluding hydrogens is 418 g/mol. The monoisotopic (exact) mass is 447 g/mol. The van der Waals surface area contributed by atoms with E-state index >= 15 is 0 Å². The van der Waals surface area contributed by atoms with Gasteiger partial charge in [-0.05, 0) is 62.6 Å². The number of hydrogen-bond donors (Lipinski definition) is 1. The quantitative estimate of drug-likeness (QED) is 0.579. The van der Waals surface area contributed by atoms with Gasteiger partial charge in [-0.15, -0.1) is 0 Å². The van der Waals surface area contributed by atoms with Crippen LogP contribution in [0.3, 0.4) is 0 Å². The first-order chi connectivity index (χ1) is 15.8. The van der Waals surface area contributed by atoms with Crippen LogP contribution in [0.5, 0.6) is 5.75 Å². The predicted molar refractivity (Wildman–Crippen MR) is 125 cm³/mol. The Balaban J connectivity index is 1.52. The fourth-order valence-electron chi connectivity index (χ4n) is 4.42. The molecule has 2 unspecified atom stereocenters. The van der Waals surface area contributed by atoms with Gasteiger partial charge in [0.1, 0.15) is 17.9 Å². The maximum atomic E-state index is 12.8. The lowest BCUT2D eigenvalue weighted by Gasteiger charge is -2.18. The molecule has 1 amide bonds. The highest BCUT2D eigenvalue weighted by atomic mass is 16.5. The summed E-state index contributed by atoms with van der Waals surface area (Å²) >= 11 is 0. The lowest BCUT2D eigenvalue weighted by Crippen LogP contribution is -2.38. The molecule has 4 rings (SSSR count).